The van der Waals surface area contributed by atoms with Gasteiger partial charge in [0.1, 0.15) is 5.01 Å². The number of aromatic nitrogens is 1. The molecule has 2 rings (SSSR count). The Morgan fingerprint density at radius 3 is 3.00 bits per heavy atom. The molecule has 1 aliphatic heterocycles. The summed E-state index contributed by atoms with van der Waals surface area (Å²) >= 11 is 1.76. The summed E-state index contributed by atoms with van der Waals surface area (Å²) in [5, 5.41) is 6.80. The zero-order chi connectivity index (χ0) is 10.9. The third kappa shape index (κ3) is 1.94. The van der Waals surface area contributed by atoms with Crippen LogP contribution in [0.1, 0.15) is 24.8 Å². The number of hydrogen-bond donors (Lipinski definition) is 1. The van der Waals surface area contributed by atoms with Crippen LogP contribution in [0.4, 0.5) is 0 Å². The van der Waals surface area contributed by atoms with Crippen LogP contribution < -0.4 is 5.32 Å². The van der Waals surface area contributed by atoms with Crippen molar-refractivity contribution in [1.29, 1.82) is 0 Å². The Balaban J connectivity index is 2.23. The van der Waals surface area contributed by atoms with Crippen molar-refractivity contribution in [3.63, 3.8) is 0 Å². The predicted molar refractivity (Wildman–Crippen MR) is 64.2 cm³/mol. The molecule has 2 heterocycles. The summed E-state index contributed by atoms with van der Waals surface area (Å²) in [7, 11) is 4.26. The monoisotopic (exact) mass is 225 g/mol. The van der Waals surface area contributed by atoms with E-state index < -0.39 is 0 Å². The van der Waals surface area contributed by atoms with E-state index >= 15 is 0 Å². The predicted octanol–water partition coefficient (Wildman–Crippen LogP) is 1.67. The highest BCUT2D eigenvalue weighted by Crippen LogP contribution is 2.35. The van der Waals surface area contributed by atoms with Gasteiger partial charge in [-0.25, -0.2) is 4.98 Å². The van der Waals surface area contributed by atoms with Crippen LogP contribution in [0.3, 0.4) is 0 Å². The normalized spacial score (nSPS) is 33.1. The molecule has 1 aromatic heterocycles. The molecule has 0 spiro atoms. The lowest BCUT2D eigenvalue weighted by Gasteiger charge is -2.43. The Bertz CT molecular complexity index is 312. The summed E-state index contributed by atoms with van der Waals surface area (Å²) in [5.41, 5.74) is 0.111. The SMILES string of the molecule is CNC1(c2nccs2)CCN(C)C(C)C1. The number of likely N-dealkylation sites (tertiary alicyclic amines) is 1. The zero-order valence-electron chi connectivity index (χ0n) is 9.66. The van der Waals surface area contributed by atoms with Crippen LogP contribution in [0.5, 0.6) is 0 Å². The van der Waals surface area contributed by atoms with Gasteiger partial charge in [-0.1, -0.05) is 0 Å². The number of thiazole rings is 1. The van der Waals surface area contributed by atoms with E-state index in [9.17, 15) is 0 Å². The average molecular weight is 225 g/mol. The van der Waals surface area contributed by atoms with Crippen molar-refractivity contribution < 1.29 is 0 Å². The van der Waals surface area contributed by atoms with E-state index in [-0.39, 0.29) is 5.54 Å². The standard InChI is InChI=1S/C11H19N3S/c1-9-8-11(12-2,4-6-14(9)3)10-13-5-7-15-10/h5,7,9,12H,4,6,8H2,1-3H3. The molecule has 2 unspecified atom stereocenters. The maximum atomic E-state index is 4.48. The van der Waals surface area contributed by atoms with Gasteiger partial charge in [0.05, 0.1) is 5.54 Å². The van der Waals surface area contributed by atoms with E-state index in [0.717, 1.165) is 19.4 Å². The molecule has 1 fully saturated rings. The molecule has 0 aliphatic carbocycles. The Hall–Kier alpha value is -0.450. The molecule has 2 atom stereocenters. The van der Waals surface area contributed by atoms with E-state index in [0.29, 0.717) is 6.04 Å². The molecule has 0 saturated carbocycles. The van der Waals surface area contributed by atoms with Crippen LogP contribution in [0.2, 0.25) is 0 Å². The first-order chi connectivity index (χ1) is 7.18. The van der Waals surface area contributed by atoms with Crippen molar-refractivity contribution in [2.24, 2.45) is 0 Å². The van der Waals surface area contributed by atoms with E-state index in [4.69, 9.17) is 0 Å². The number of piperidine rings is 1. The van der Waals surface area contributed by atoms with Crippen LogP contribution in [0.25, 0.3) is 0 Å². The fraction of sp³-hybridized carbons (Fsp3) is 0.727. The molecule has 0 amide bonds. The quantitative estimate of drug-likeness (QED) is 0.830. The molecule has 4 heteroatoms. The van der Waals surface area contributed by atoms with E-state index in [1.165, 1.54) is 5.01 Å². The first kappa shape index (κ1) is 11.0. The number of nitrogens with zero attached hydrogens (tertiary/aromatic N) is 2. The van der Waals surface area contributed by atoms with E-state index in [1.807, 2.05) is 6.20 Å². The van der Waals surface area contributed by atoms with Gasteiger partial charge in [0.15, 0.2) is 0 Å². The van der Waals surface area contributed by atoms with Crippen LogP contribution in [0.15, 0.2) is 11.6 Å². The second kappa shape index (κ2) is 4.20. The fourth-order valence-electron chi connectivity index (χ4n) is 2.34. The molecule has 0 bridgehead atoms. The van der Waals surface area contributed by atoms with Crippen LogP contribution in [-0.2, 0) is 5.54 Å². The van der Waals surface area contributed by atoms with E-state index in [2.05, 4.69) is 41.6 Å². The summed E-state index contributed by atoms with van der Waals surface area (Å²) in [4.78, 5) is 6.90. The maximum absolute atomic E-state index is 4.48. The second-order valence-electron chi connectivity index (χ2n) is 4.45. The van der Waals surface area contributed by atoms with Gasteiger partial charge < -0.3 is 10.2 Å². The molecule has 15 heavy (non-hydrogen) atoms. The van der Waals surface area contributed by atoms with Gasteiger partial charge in [-0.2, -0.15) is 0 Å². The average Bonchev–Trinajstić information content (AvgIpc) is 2.76. The molecule has 0 aromatic carbocycles. The van der Waals surface area contributed by atoms with Crippen molar-refractivity contribution in [1.82, 2.24) is 15.2 Å². The van der Waals surface area contributed by atoms with Gasteiger partial charge in [-0.3, -0.25) is 0 Å². The highest BCUT2D eigenvalue weighted by atomic mass is 32.1. The minimum atomic E-state index is 0.111. The van der Waals surface area contributed by atoms with Crippen molar-refractivity contribution in [3.05, 3.63) is 16.6 Å². The van der Waals surface area contributed by atoms with Gasteiger partial charge in [0.2, 0.25) is 0 Å². The molecule has 84 valence electrons. The van der Waals surface area contributed by atoms with Gasteiger partial charge in [-0.15, -0.1) is 11.3 Å². The largest absolute Gasteiger partial charge is 0.308 e. The lowest BCUT2D eigenvalue weighted by molar-refractivity contribution is 0.111. The smallest absolute Gasteiger partial charge is 0.113 e. The van der Waals surface area contributed by atoms with Crippen LogP contribution in [0, 0.1) is 0 Å². The fourth-order valence-corrected chi connectivity index (χ4v) is 3.22. The Morgan fingerprint density at radius 1 is 1.67 bits per heavy atom. The lowest BCUT2D eigenvalue weighted by atomic mass is 9.84. The van der Waals surface area contributed by atoms with Gasteiger partial charge in [0.25, 0.3) is 0 Å². The van der Waals surface area contributed by atoms with Gasteiger partial charge >= 0.3 is 0 Å². The molecular weight excluding hydrogens is 206 g/mol. The first-order valence-electron chi connectivity index (χ1n) is 5.47. The Kier molecular flexibility index (Phi) is 3.09. The molecular formula is C11H19N3S. The third-order valence-electron chi connectivity index (χ3n) is 3.61. The van der Waals surface area contributed by atoms with Gasteiger partial charge in [0, 0.05) is 24.2 Å². The molecule has 1 aliphatic rings. The summed E-state index contributed by atoms with van der Waals surface area (Å²) in [6.07, 6.45) is 4.20. The highest BCUT2D eigenvalue weighted by Gasteiger charge is 2.39. The number of nitrogens with one attached hydrogen (secondary N) is 1. The number of hydrogen-bond acceptors (Lipinski definition) is 4. The molecule has 1 aromatic rings. The van der Waals surface area contributed by atoms with Crippen molar-refractivity contribution in [2.75, 3.05) is 20.6 Å². The maximum Gasteiger partial charge on any atom is 0.113 e. The minimum absolute atomic E-state index is 0.111. The van der Waals surface area contributed by atoms with Crippen LogP contribution in [-0.4, -0.2) is 36.6 Å². The molecule has 3 nitrogen and oxygen atoms in total. The third-order valence-corrected chi connectivity index (χ3v) is 4.59. The number of rotatable bonds is 2. The second-order valence-corrected chi connectivity index (χ2v) is 5.35. The highest BCUT2D eigenvalue weighted by molar-refractivity contribution is 7.09. The van der Waals surface area contributed by atoms with Crippen molar-refractivity contribution >= 4 is 11.3 Å². The zero-order valence-corrected chi connectivity index (χ0v) is 10.5. The molecule has 1 N–H and O–H groups in total. The summed E-state index contributed by atoms with van der Waals surface area (Å²) in [6.45, 7) is 3.43. The van der Waals surface area contributed by atoms with Gasteiger partial charge in [-0.05, 0) is 33.9 Å². The topological polar surface area (TPSA) is 28.2 Å². The Labute approximate surface area is 95.5 Å². The first-order valence-corrected chi connectivity index (χ1v) is 6.35. The van der Waals surface area contributed by atoms with Crippen molar-refractivity contribution in [2.45, 2.75) is 31.3 Å². The summed E-state index contributed by atoms with van der Waals surface area (Å²) in [5.74, 6) is 0. The molecule has 1 saturated heterocycles. The van der Waals surface area contributed by atoms with Crippen molar-refractivity contribution in [3.8, 4) is 0 Å². The Morgan fingerprint density at radius 2 is 2.47 bits per heavy atom. The van der Waals surface area contributed by atoms with Crippen LogP contribution >= 0.6 is 11.3 Å². The summed E-state index contributed by atoms with van der Waals surface area (Å²) < 4.78 is 0. The molecule has 0 radical (unpaired) electrons. The van der Waals surface area contributed by atoms with E-state index in [1.54, 1.807) is 11.3 Å². The minimum Gasteiger partial charge on any atom is -0.308 e. The summed E-state index contributed by atoms with van der Waals surface area (Å²) in [6, 6.07) is 0.620. The lowest BCUT2D eigenvalue weighted by Crippen LogP contribution is -2.52.